The lowest BCUT2D eigenvalue weighted by molar-refractivity contribution is 0.0941. The van der Waals surface area contributed by atoms with Crippen molar-refractivity contribution in [1.82, 2.24) is 20.6 Å². The summed E-state index contributed by atoms with van der Waals surface area (Å²) in [6.07, 6.45) is 2.29. The molecule has 1 aromatic carbocycles. The fraction of sp³-hybridized carbons (Fsp3) is 0.353. The number of carbonyl (C=O) groups is 1. The number of rotatable bonds is 5. The largest absolute Gasteiger partial charge is 0.480 e. The van der Waals surface area contributed by atoms with Gasteiger partial charge in [-0.1, -0.05) is 24.3 Å². The molecule has 2 aromatic rings. The van der Waals surface area contributed by atoms with E-state index in [1.54, 1.807) is 0 Å². The van der Waals surface area contributed by atoms with Crippen molar-refractivity contribution in [3.8, 4) is 11.8 Å². The minimum Gasteiger partial charge on any atom is -0.480 e. The van der Waals surface area contributed by atoms with Crippen LogP contribution in [0.25, 0.3) is 0 Å². The second-order valence-electron chi connectivity index (χ2n) is 5.43. The highest BCUT2D eigenvalue weighted by Gasteiger charge is 2.24. The van der Waals surface area contributed by atoms with Crippen molar-refractivity contribution < 1.29 is 14.3 Å². The van der Waals surface area contributed by atoms with Crippen LogP contribution in [-0.2, 0) is 6.42 Å². The highest BCUT2D eigenvalue weighted by Crippen LogP contribution is 2.24. The van der Waals surface area contributed by atoms with Crippen molar-refractivity contribution in [2.75, 3.05) is 27.3 Å². The molecule has 0 saturated carbocycles. The second kappa shape index (κ2) is 8.64. The molecule has 2 heterocycles. The first-order valence-electron chi connectivity index (χ1n) is 7.77. The number of halogens is 1. The lowest BCUT2D eigenvalue weighted by atomic mass is 9.94. The van der Waals surface area contributed by atoms with Gasteiger partial charge in [-0.15, -0.1) is 12.4 Å². The molecule has 1 unspecified atom stereocenters. The number of carbonyl (C=O) groups excluding carboxylic acids is 1. The number of ether oxygens (including phenoxy) is 2. The number of hydrogen-bond donors (Lipinski definition) is 2. The van der Waals surface area contributed by atoms with Crippen molar-refractivity contribution in [1.29, 1.82) is 0 Å². The topological polar surface area (TPSA) is 85.4 Å². The van der Waals surface area contributed by atoms with Gasteiger partial charge in [0.2, 0.25) is 11.8 Å². The number of fused-ring (bicyclic) bond motifs is 1. The van der Waals surface area contributed by atoms with E-state index in [9.17, 15) is 4.79 Å². The highest BCUT2D eigenvalue weighted by atomic mass is 35.5. The molecule has 134 valence electrons. The van der Waals surface area contributed by atoms with Crippen LogP contribution in [-0.4, -0.2) is 43.2 Å². The zero-order valence-electron chi connectivity index (χ0n) is 14.1. The molecular formula is C17H21ClN4O3. The van der Waals surface area contributed by atoms with E-state index in [0.717, 1.165) is 13.0 Å². The molecule has 1 atom stereocenters. The Labute approximate surface area is 152 Å². The van der Waals surface area contributed by atoms with Crippen molar-refractivity contribution in [2.24, 2.45) is 0 Å². The third-order valence-electron chi connectivity index (χ3n) is 4.07. The highest BCUT2D eigenvalue weighted by molar-refractivity contribution is 5.98. The zero-order chi connectivity index (χ0) is 16.9. The van der Waals surface area contributed by atoms with E-state index in [2.05, 4.69) is 32.7 Å². The minimum atomic E-state index is -0.325. The van der Waals surface area contributed by atoms with Crippen LogP contribution < -0.4 is 20.1 Å². The van der Waals surface area contributed by atoms with E-state index in [1.165, 1.54) is 31.7 Å². The van der Waals surface area contributed by atoms with E-state index >= 15 is 0 Å². The molecule has 1 amide bonds. The van der Waals surface area contributed by atoms with Gasteiger partial charge in [-0.05, 0) is 24.1 Å². The molecule has 0 spiro atoms. The standard InChI is InChI=1S/C17H20N4O3.ClH/c1-23-16-14(17(24-2)21-10-20-16)15(22)19-9-13-12-6-4-3-5-11(12)7-8-18-13;/h3-6,10,13,18H,7-9H2,1-2H3,(H,19,22);1H. The van der Waals surface area contributed by atoms with Gasteiger partial charge in [0.1, 0.15) is 6.33 Å². The fourth-order valence-electron chi connectivity index (χ4n) is 2.92. The maximum atomic E-state index is 12.6. The van der Waals surface area contributed by atoms with Crippen molar-refractivity contribution in [2.45, 2.75) is 12.5 Å². The van der Waals surface area contributed by atoms with Crippen LogP contribution in [0, 0.1) is 0 Å². The van der Waals surface area contributed by atoms with Gasteiger partial charge in [0.25, 0.3) is 5.91 Å². The van der Waals surface area contributed by atoms with Crippen LogP contribution in [0.15, 0.2) is 30.6 Å². The number of nitrogens with one attached hydrogen (secondary N) is 2. The molecule has 2 N–H and O–H groups in total. The first kappa shape index (κ1) is 19.0. The number of amides is 1. The summed E-state index contributed by atoms with van der Waals surface area (Å²) in [5.41, 5.74) is 2.73. The van der Waals surface area contributed by atoms with E-state index in [-0.39, 0.29) is 41.7 Å². The SMILES string of the molecule is COc1ncnc(OC)c1C(=O)NCC1NCCc2ccccc21.Cl. The Bertz CT molecular complexity index is 719. The Kier molecular flexibility index (Phi) is 6.55. The quantitative estimate of drug-likeness (QED) is 0.837. The molecule has 25 heavy (non-hydrogen) atoms. The molecule has 1 aliphatic heterocycles. The van der Waals surface area contributed by atoms with Gasteiger partial charge in [0, 0.05) is 12.6 Å². The average molecular weight is 365 g/mol. The molecule has 1 aromatic heterocycles. The van der Waals surface area contributed by atoms with E-state index in [0.29, 0.717) is 6.54 Å². The van der Waals surface area contributed by atoms with Gasteiger partial charge in [-0.3, -0.25) is 4.79 Å². The fourth-order valence-corrected chi connectivity index (χ4v) is 2.92. The minimum absolute atomic E-state index is 0. The van der Waals surface area contributed by atoms with Crippen LogP contribution in [0.2, 0.25) is 0 Å². The Morgan fingerprint density at radius 3 is 2.60 bits per heavy atom. The van der Waals surface area contributed by atoms with Crippen LogP contribution >= 0.6 is 12.4 Å². The maximum Gasteiger partial charge on any atom is 0.262 e. The second-order valence-corrected chi connectivity index (χ2v) is 5.43. The Hall–Kier alpha value is -2.38. The Morgan fingerprint density at radius 1 is 1.24 bits per heavy atom. The van der Waals surface area contributed by atoms with Gasteiger partial charge in [-0.2, -0.15) is 0 Å². The summed E-state index contributed by atoms with van der Waals surface area (Å²) < 4.78 is 10.3. The molecule has 7 nitrogen and oxygen atoms in total. The predicted octanol–water partition coefficient (Wildman–Crippen LogP) is 1.53. The first-order valence-corrected chi connectivity index (χ1v) is 7.77. The maximum absolute atomic E-state index is 12.6. The van der Waals surface area contributed by atoms with Gasteiger partial charge in [-0.25, -0.2) is 9.97 Å². The molecule has 0 radical (unpaired) electrons. The Morgan fingerprint density at radius 2 is 1.92 bits per heavy atom. The molecule has 0 saturated heterocycles. The zero-order valence-corrected chi connectivity index (χ0v) is 14.9. The number of benzene rings is 1. The predicted molar refractivity (Wildman–Crippen MR) is 95.6 cm³/mol. The Balaban J connectivity index is 0.00000225. The molecule has 0 bridgehead atoms. The van der Waals surface area contributed by atoms with Gasteiger partial charge in [0.15, 0.2) is 5.56 Å². The van der Waals surface area contributed by atoms with E-state index in [1.807, 2.05) is 12.1 Å². The van der Waals surface area contributed by atoms with Gasteiger partial charge < -0.3 is 20.1 Å². The summed E-state index contributed by atoms with van der Waals surface area (Å²) in [6.45, 7) is 1.34. The van der Waals surface area contributed by atoms with Crippen LogP contribution in [0.5, 0.6) is 11.8 Å². The number of nitrogens with zero attached hydrogens (tertiary/aromatic N) is 2. The summed E-state index contributed by atoms with van der Waals surface area (Å²) in [4.78, 5) is 20.5. The summed E-state index contributed by atoms with van der Waals surface area (Å²) in [7, 11) is 2.91. The van der Waals surface area contributed by atoms with Gasteiger partial charge in [0.05, 0.1) is 14.2 Å². The summed E-state index contributed by atoms with van der Waals surface area (Å²) in [5.74, 6) is 0.0573. The van der Waals surface area contributed by atoms with Gasteiger partial charge >= 0.3 is 0 Å². The van der Waals surface area contributed by atoms with Crippen LogP contribution in [0.3, 0.4) is 0 Å². The van der Waals surface area contributed by atoms with E-state index < -0.39 is 0 Å². The molecule has 0 fully saturated rings. The lowest BCUT2D eigenvalue weighted by Crippen LogP contribution is -2.39. The van der Waals surface area contributed by atoms with Crippen molar-refractivity contribution >= 4 is 18.3 Å². The van der Waals surface area contributed by atoms with Crippen molar-refractivity contribution in [3.63, 3.8) is 0 Å². The molecule has 3 rings (SSSR count). The third-order valence-corrected chi connectivity index (χ3v) is 4.07. The van der Waals surface area contributed by atoms with Crippen LogP contribution in [0.1, 0.15) is 27.5 Å². The average Bonchev–Trinajstić information content (AvgIpc) is 2.65. The smallest absolute Gasteiger partial charge is 0.262 e. The van der Waals surface area contributed by atoms with Crippen LogP contribution in [0.4, 0.5) is 0 Å². The number of methoxy groups -OCH3 is 2. The molecule has 8 heteroatoms. The molecule has 0 aliphatic carbocycles. The summed E-state index contributed by atoms with van der Waals surface area (Å²) >= 11 is 0. The first-order chi connectivity index (χ1) is 11.7. The van der Waals surface area contributed by atoms with E-state index in [4.69, 9.17) is 9.47 Å². The molecule has 1 aliphatic rings. The summed E-state index contributed by atoms with van der Waals surface area (Å²) in [5, 5.41) is 6.35. The summed E-state index contributed by atoms with van der Waals surface area (Å²) in [6, 6.07) is 8.34. The number of aromatic nitrogens is 2. The molecular weight excluding hydrogens is 344 g/mol. The normalized spacial score (nSPS) is 15.5. The number of hydrogen-bond acceptors (Lipinski definition) is 6. The monoisotopic (exact) mass is 364 g/mol. The third kappa shape index (κ3) is 4.00. The van der Waals surface area contributed by atoms with Crippen molar-refractivity contribution in [3.05, 3.63) is 47.3 Å². The lowest BCUT2D eigenvalue weighted by Gasteiger charge is -2.27.